The Morgan fingerprint density at radius 1 is 1.17 bits per heavy atom. The van der Waals surface area contributed by atoms with E-state index >= 15 is 0 Å². The monoisotopic (exact) mass is 302 g/mol. The van der Waals surface area contributed by atoms with E-state index in [4.69, 9.17) is 5.73 Å². The van der Waals surface area contributed by atoms with Crippen molar-refractivity contribution < 1.29 is 0 Å². The van der Waals surface area contributed by atoms with Crippen LogP contribution in [0.1, 0.15) is 5.69 Å². The quantitative estimate of drug-likeness (QED) is 0.751. The van der Waals surface area contributed by atoms with Crippen molar-refractivity contribution in [2.24, 2.45) is 0 Å². The van der Waals surface area contributed by atoms with Gasteiger partial charge in [0.15, 0.2) is 11.5 Å². The molecule has 18 heavy (non-hydrogen) atoms. The van der Waals surface area contributed by atoms with Crippen molar-refractivity contribution in [2.75, 3.05) is 5.73 Å². The molecule has 0 aliphatic carbocycles. The average molecular weight is 303 g/mol. The van der Waals surface area contributed by atoms with Crippen LogP contribution in [0.15, 0.2) is 40.9 Å². The van der Waals surface area contributed by atoms with Gasteiger partial charge in [0.2, 0.25) is 0 Å². The van der Waals surface area contributed by atoms with Gasteiger partial charge in [-0.15, -0.1) is 10.2 Å². The first-order valence-electron chi connectivity index (χ1n) is 5.53. The van der Waals surface area contributed by atoms with E-state index in [0.717, 1.165) is 32.9 Å². The number of aromatic nitrogens is 3. The van der Waals surface area contributed by atoms with E-state index in [1.807, 2.05) is 47.7 Å². The molecule has 3 aromatic rings. The number of nitrogens with zero attached hydrogens (tertiary/aromatic N) is 3. The summed E-state index contributed by atoms with van der Waals surface area (Å²) in [4.78, 5) is 0. The first-order chi connectivity index (χ1) is 8.66. The van der Waals surface area contributed by atoms with Gasteiger partial charge in [-0.2, -0.15) is 0 Å². The number of benzene rings is 1. The summed E-state index contributed by atoms with van der Waals surface area (Å²) in [6, 6.07) is 11.7. The van der Waals surface area contributed by atoms with Crippen molar-refractivity contribution in [3.63, 3.8) is 0 Å². The number of aryl methyl sites for hydroxylation is 1. The summed E-state index contributed by atoms with van der Waals surface area (Å²) in [5.41, 5.74) is 9.43. The molecule has 0 atom stereocenters. The zero-order valence-corrected chi connectivity index (χ0v) is 11.3. The van der Waals surface area contributed by atoms with Gasteiger partial charge in [-0.05, 0) is 31.2 Å². The predicted molar refractivity (Wildman–Crippen MR) is 75.3 cm³/mol. The van der Waals surface area contributed by atoms with Crippen molar-refractivity contribution >= 4 is 27.3 Å². The van der Waals surface area contributed by atoms with Crippen molar-refractivity contribution in [1.82, 2.24) is 14.6 Å². The highest BCUT2D eigenvalue weighted by Crippen LogP contribution is 2.24. The number of hydrogen-bond acceptors (Lipinski definition) is 3. The first kappa shape index (κ1) is 11.2. The molecule has 3 rings (SSSR count). The molecule has 0 saturated carbocycles. The molecule has 0 aliphatic heterocycles. The van der Waals surface area contributed by atoms with E-state index in [1.165, 1.54) is 0 Å². The molecule has 4 nitrogen and oxygen atoms in total. The summed E-state index contributed by atoms with van der Waals surface area (Å²) in [6.45, 7) is 1.97. The highest BCUT2D eigenvalue weighted by Gasteiger charge is 2.11. The van der Waals surface area contributed by atoms with E-state index in [1.54, 1.807) is 0 Å². The Morgan fingerprint density at radius 3 is 2.78 bits per heavy atom. The van der Waals surface area contributed by atoms with Crippen LogP contribution >= 0.6 is 15.9 Å². The highest BCUT2D eigenvalue weighted by atomic mass is 79.9. The number of anilines is 1. The molecule has 2 aromatic heterocycles. The Labute approximate surface area is 113 Å². The summed E-state index contributed by atoms with van der Waals surface area (Å²) in [6.07, 6.45) is 0. The highest BCUT2D eigenvalue weighted by molar-refractivity contribution is 9.10. The summed E-state index contributed by atoms with van der Waals surface area (Å²) in [5.74, 6) is 0.802. The molecule has 0 fully saturated rings. The van der Waals surface area contributed by atoms with Crippen LogP contribution in [0.5, 0.6) is 0 Å². The number of pyridine rings is 1. The Balaban J connectivity index is 2.33. The van der Waals surface area contributed by atoms with Gasteiger partial charge in [0.05, 0.1) is 5.69 Å². The summed E-state index contributed by atoms with van der Waals surface area (Å²) < 4.78 is 2.98. The van der Waals surface area contributed by atoms with E-state index in [2.05, 4.69) is 26.1 Å². The topological polar surface area (TPSA) is 56.2 Å². The minimum Gasteiger partial charge on any atom is -0.397 e. The first-order valence-corrected chi connectivity index (χ1v) is 6.32. The summed E-state index contributed by atoms with van der Waals surface area (Å²) in [5, 5.41) is 8.41. The molecular weight excluding hydrogens is 292 g/mol. The second kappa shape index (κ2) is 4.10. The zero-order valence-electron chi connectivity index (χ0n) is 9.76. The molecule has 0 spiro atoms. The molecule has 2 heterocycles. The lowest BCUT2D eigenvalue weighted by Gasteiger charge is -2.06. The van der Waals surface area contributed by atoms with Crippen LogP contribution in [0, 0.1) is 6.92 Å². The Morgan fingerprint density at radius 2 is 2.00 bits per heavy atom. The second-order valence-electron chi connectivity index (χ2n) is 4.10. The zero-order chi connectivity index (χ0) is 12.7. The molecule has 0 radical (unpaired) electrons. The predicted octanol–water partition coefficient (Wildman–Crippen LogP) is 3.05. The van der Waals surface area contributed by atoms with Gasteiger partial charge in [-0.25, -0.2) is 0 Å². The molecule has 0 saturated heterocycles. The lowest BCUT2D eigenvalue weighted by atomic mass is 10.2. The number of nitrogen functional groups attached to an aromatic ring is 1. The Hall–Kier alpha value is -1.88. The number of nitrogens with two attached hydrogens (primary N) is 1. The lowest BCUT2D eigenvalue weighted by molar-refractivity contribution is 1.08. The summed E-state index contributed by atoms with van der Waals surface area (Å²) >= 11 is 3.46. The fourth-order valence-electron chi connectivity index (χ4n) is 1.96. The maximum atomic E-state index is 5.94. The Bertz CT molecular complexity index is 733. The summed E-state index contributed by atoms with van der Waals surface area (Å²) in [7, 11) is 0. The van der Waals surface area contributed by atoms with Crippen LogP contribution < -0.4 is 5.73 Å². The molecule has 0 unspecified atom stereocenters. The normalized spacial score (nSPS) is 11.0. The fourth-order valence-corrected chi connectivity index (χ4v) is 2.36. The third-order valence-corrected chi connectivity index (χ3v) is 3.43. The van der Waals surface area contributed by atoms with E-state index in [-0.39, 0.29) is 0 Å². The largest absolute Gasteiger partial charge is 0.397 e. The minimum atomic E-state index is 0.735. The number of halogens is 1. The van der Waals surface area contributed by atoms with Crippen molar-refractivity contribution in [3.05, 3.63) is 46.6 Å². The van der Waals surface area contributed by atoms with E-state index < -0.39 is 0 Å². The van der Waals surface area contributed by atoms with Gasteiger partial charge in [0.1, 0.15) is 0 Å². The standard InChI is InChI=1S/C13H11BrN4/c1-8-11(15)5-6-12-16-17-13(18(8)12)9-3-2-4-10(14)7-9/h2-7H,15H2,1H3. The molecule has 0 aliphatic rings. The third kappa shape index (κ3) is 1.67. The van der Waals surface area contributed by atoms with Crippen LogP contribution in [0.4, 0.5) is 5.69 Å². The molecular formula is C13H11BrN4. The maximum absolute atomic E-state index is 5.94. The number of rotatable bonds is 1. The fraction of sp³-hybridized carbons (Fsp3) is 0.0769. The van der Waals surface area contributed by atoms with E-state index in [0.29, 0.717) is 0 Å². The molecule has 1 aromatic carbocycles. The molecule has 0 amide bonds. The van der Waals surface area contributed by atoms with E-state index in [9.17, 15) is 0 Å². The average Bonchev–Trinajstić information content (AvgIpc) is 2.78. The number of fused-ring (bicyclic) bond motifs is 1. The lowest BCUT2D eigenvalue weighted by Crippen LogP contribution is -1.99. The SMILES string of the molecule is Cc1c(N)ccc2nnc(-c3cccc(Br)c3)n12. The van der Waals surface area contributed by atoms with Crippen molar-refractivity contribution in [3.8, 4) is 11.4 Å². The van der Waals surface area contributed by atoms with Gasteiger partial charge >= 0.3 is 0 Å². The van der Waals surface area contributed by atoms with Gasteiger partial charge in [-0.1, -0.05) is 28.1 Å². The van der Waals surface area contributed by atoms with Crippen LogP contribution in [0.3, 0.4) is 0 Å². The molecule has 5 heteroatoms. The van der Waals surface area contributed by atoms with Crippen LogP contribution in [0.25, 0.3) is 17.0 Å². The van der Waals surface area contributed by atoms with Gasteiger partial charge in [0.25, 0.3) is 0 Å². The van der Waals surface area contributed by atoms with Crippen LogP contribution in [-0.2, 0) is 0 Å². The second-order valence-corrected chi connectivity index (χ2v) is 5.02. The molecule has 0 bridgehead atoms. The van der Waals surface area contributed by atoms with Gasteiger partial charge < -0.3 is 5.73 Å². The van der Waals surface area contributed by atoms with Crippen LogP contribution in [0.2, 0.25) is 0 Å². The molecule has 2 N–H and O–H groups in total. The van der Waals surface area contributed by atoms with Crippen molar-refractivity contribution in [2.45, 2.75) is 6.92 Å². The smallest absolute Gasteiger partial charge is 0.168 e. The molecule has 90 valence electrons. The van der Waals surface area contributed by atoms with Gasteiger partial charge in [0, 0.05) is 15.7 Å². The van der Waals surface area contributed by atoms with Gasteiger partial charge in [-0.3, -0.25) is 4.40 Å². The van der Waals surface area contributed by atoms with Crippen LogP contribution in [-0.4, -0.2) is 14.6 Å². The third-order valence-electron chi connectivity index (χ3n) is 2.94. The number of hydrogen-bond donors (Lipinski definition) is 1. The van der Waals surface area contributed by atoms with Crippen molar-refractivity contribution in [1.29, 1.82) is 0 Å². The minimum absolute atomic E-state index is 0.735. The maximum Gasteiger partial charge on any atom is 0.168 e. The Kier molecular flexibility index (Phi) is 2.56.